The van der Waals surface area contributed by atoms with Crippen molar-refractivity contribution < 1.29 is 0 Å². The highest BCUT2D eigenvalue weighted by Crippen LogP contribution is 2.23. The predicted molar refractivity (Wildman–Crippen MR) is 116 cm³/mol. The Morgan fingerprint density at radius 1 is 0.923 bits per heavy atom. The zero-order chi connectivity index (χ0) is 18.0. The van der Waals surface area contributed by atoms with Crippen LogP contribution in [0.4, 0.5) is 5.69 Å². The second-order valence-electron chi connectivity index (χ2n) is 6.62. The molecule has 0 spiro atoms. The molecule has 0 aliphatic carbocycles. The van der Waals surface area contributed by atoms with E-state index in [0.717, 1.165) is 31.1 Å². The Bertz CT molecular complexity index is 720. The Labute approximate surface area is 162 Å². The van der Waals surface area contributed by atoms with E-state index < -0.39 is 0 Å². The summed E-state index contributed by atoms with van der Waals surface area (Å²) in [5, 5.41) is 3.25. The summed E-state index contributed by atoms with van der Waals surface area (Å²) in [6.45, 7) is 4.02. The molecule has 26 heavy (non-hydrogen) atoms. The Balaban J connectivity index is 1.58. The molecule has 1 aliphatic rings. The van der Waals surface area contributed by atoms with Gasteiger partial charge in [0, 0.05) is 12.2 Å². The number of rotatable bonds is 8. The van der Waals surface area contributed by atoms with E-state index in [2.05, 4.69) is 77.9 Å². The fourth-order valence-electron chi connectivity index (χ4n) is 3.11. The van der Waals surface area contributed by atoms with Gasteiger partial charge in [0.25, 0.3) is 0 Å². The molecule has 0 saturated carbocycles. The summed E-state index contributed by atoms with van der Waals surface area (Å²) >= 11 is 1.72. The monoisotopic (exact) mass is 364 g/mol. The van der Waals surface area contributed by atoms with Gasteiger partial charge in [0.05, 0.1) is 6.54 Å². The van der Waals surface area contributed by atoms with Gasteiger partial charge in [0.15, 0.2) is 5.17 Å². The Morgan fingerprint density at radius 3 is 2.23 bits per heavy atom. The average Bonchev–Trinajstić information content (AvgIpc) is 2.72. The van der Waals surface area contributed by atoms with Gasteiger partial charge in [-0.25, -0.2) is 0 Å². The van der Waals surface area contributed by atoms with Gasteiger partial charge in [0.1, 0.15) is 0 Å². The van der Waals surface area contributed by atoms with Gasteiger partial charge in [-0.15, -0.1) is 0 Å². The normalized spacial score (nSPS) is 13.5. The van der Waals surface area contributed by atoms with Crippen LogP contribution in [0.15, 0.2) is 71.1 Å². The zero-order valence-corrected chi connectivity index (χ0v) is 16.4. The Hall–Kier alpha value is -2.00. The molecule has 1 heterocycles. The first-order chi connectivity index (χ1) is 12.9. The molecule has 3 rings (SSSR count). The lowest BCUT2D eigenvalue weighted by atomic mass is 10.0. The number of nitrogens with zero attached hydrogens (tertiary/aromatic N) is 2. The maximum absolute atomic E-state index is 4.69. The highest BCUT2D eigenvalue weighted by molar-refractivity contribution is 8.16. The first kappa shape index (κ1) is 18.8. The molecule has 0 bridgehead atoms. The van der Waals surface area contributed by atoms with Gasteiger partial charge in [-0.1, -0.05) is 73.6 Å². The first-order valence-electron chi connectivity index (χ1n) is 9.63. The maximum atomic E-state index is 4.69. The molecule has 136 valence electrons. The molecule has 0 atom stereocenters. The first-order valence-corrected chi connectivity index (χ1v) is 10.5. The standard InChI is InChI=1S/C23H28N2S/c1-2-3-9-20-13-15-21(16-14-20)10-7-18-25(22-11-5-4-6-12-22)23-24-17-8-19-26-23/h4-6,8,11-16,19H,2-3,7,9-10,17-18H2,1H3. The number of hydrogen-bond acceptors (Lipinski definition) is 3. The van der Waals surface area contributed by atoms with E-state index in [1.165, 1.54) is 36.1 Å². The van der Waals surface area contributed by atoms with Crippen molar-refractivity contribution in [3.05, 3.63) is 77.2 Å². The average molecular weight is 365 g/mol. The van der Waals surface area contributed by atoms with Crippen molar-refractivity contribution >= 4 is 22.6 Å². The highest BCUT2D eigenvalue weighted by Gasteiger charge is 2.14. The van der Waals surface area contributed by atoms with Crippen molar-refractivity contribution in [2.75, 3.05) is 18.0 Å². The quantitative estimate of drug-likeness (QED) is 0.563. The Morgan fingerprint density at radius 2 is 1.62 bits per heavy atom. The summed E-state index contributed by atoms with van der Waals surface area (Å²) in [4.78, 5) is 7.04. The summed E-state index contributed by atoms with van der Waals surface area (Å²) < 4.78 is 0. The van der Waals surface area contributed by atoms with Crippen LogP contribution in [0.2, 0.25) is 0 Å². The number of aliphatic imine (C=N–C) groups is 1. The number of anilines is 1. The van der Waals surface area contributed by atoms with Crippen LogP contribution < -0.4 is 4.90 Å². The van der Waals surface area contributed by atoms with Crippen molar-refractivity contribution in [2.24, 2.45) is 4.99 Å². The minimum Gasteiger partial charge on any atom is -0.321 e. The largest absolute Gasteiger partial charge is 0.321 e. The summed E-state index contributed by atoms with van der Waals surface area (Å²) in [6, 6.07) is 19.8. The number of aryl methyl sites for hydroxylation is 2. The van der Waals surface area contributed by atoms with Crippen LogP contribution in [0.5, 0.6) is 0 Å². The number of para-hydroxylation sites is 1. The van der Waals surface area contributed by atoms with E-state index in [9.17, 15) is 0 Å². The van der Waals surface area contributed by atoms with E-state index in [1.54, 1.807) is 11.8 Å². The topological polar surface area (TPSA) is 15.6 Å². The summed E-state index contributed by atoms with van der Waals surface area (Å²) in [5.41, 5.74) is 4.11. The SMILES string of the molecule is CCCCc1ccc(CCCN(C2=NCC=CS2)c2ccccc2)cc1. The molecule has 0 amide bonds. The van der Waals surface area contributed by atoms with Crippen molar-refractivity contribution in [1.82, 2.24) is 0 Å². The second-order valence-corrected chi connectivity index (χ2v) is 7.50. The van der Waals surface area contributed by atoms with E-state index in [-0.39, 0.29) is 0 Å². The van der Waals surface area contributed by atoms with Gasteiger partial charge in [0.2, 0.25) is 0 Å². The summed E-state index contributed by atoms with van der Waals surface area (Å²) in [6.07, 6.45) is 8.06. The van der Waals surface area contributed by atoms with Crippen LogP contribution in [0.3, 0.4) is 0 Å². The summed E-state index contributed by atoms with van der Waals surface area (Å²) in [5.74, 6) is 0. The van der Waals surface area contributed by atoms with Gasteiger partial charge in [-0.05, 0) is 54.4 Å². The number of unbranched alkanes of at least 4 members (excludes halogenated alkanes) is 1. The lowest BCUT2D eigenvalue weighted by molar-refractivity contribution is 0.792. The fraction of sp³-hybridized carbons (Fsp3) is 0.348. The van der Waals surface area contributed by atoms with E-state index in [0.29, 0.717) is 0 Å². The number of amidine groups is 1. The van der Waals surface area contributed by atoms with E-state index in [4.69, 9.17) is 4.99 Å². The molecule has 3 heteroatoms. The molecule has 0 radical (unpaired) electrons. The van der Waals surface area contributed by atoms with Crippen molar-refractivity contribution in [2.45, 2.75) is 39.0 Å². The number of benzene rings is 2. The molecule has 0 aromatic heterocycles. The van der Waals surface area contributed by atoms with E-state index in [1.807, 2.05) is 0 Å². The van der Waals surface area contributed by atoms with Crippen LogP contribution in [0.1, 0.15) is 37.3 Å². The lowest BCUT2D eigenvalue weighted by Gasteiger charge is -2.26. The third-order valence-electron chi connectivity index (χ3n) is 4.59. The third-order valence-corrected chi connectivity index (χ3v) is 5.48. The molecule has 0 saturated heterocycles. The van der Waals surface area contributed by atoms with E-state index >= 15 is 0 Å². The maximum Gasteiger partial charge on any atom is 0.168 e. The van der Waals surface area contributed by atoms with Crippen LogP contribution in [0, 0.1) is 0 Å². The fourth-order valence-corrected chi connectivity index (χ4v) is 3.88. The molecule has 2 nitrogen and oxygen atoms in total. The molecule has 0 N–H and O–H groups in total. The van der Waals surface area contributed by atoms with Crippen LogP contribution in [-0.4, -0.2) is 18.3 Å². The molecular weight excluding hydrogens is 336 g/mol. The smallest absolute Gasteiger partial charge is 0.168 e. The van der Waals surface area contributed by atoms with Crippen LogP contribution in [0.25, 0.3) is 0 Å². The third kappa shape index (κ3) is 5.50. The molecule has 2 aromatic carbocycles. The minimum absolute atomic E-state index is 0.783. The van der Waals surface area contributed by atoms with Crippen molar-refractivity contribution in [3.8, 4) is 0 Å². The molecule has 1 aliphatic heterocycles. The van der Waals surface area contributed by atoms with Crippen LogP contribution in [-0.2, 0) is 12.8 Å². The van der Waals surface area contributed by atoms with Crippen LogP contribution >= 0.6 is 11.8 Å². The highest BCUT2D eigenvalue weighted by atomic mass is 32.2. The van der Waals surface area contributed by atoms with Gasteiger partial charge >= 0.3 is 0 Å². The van der Waals surface area contributed by atoms with Gasteiger partial charge in [-0.3, -0.25) is 4.99 Å². The molecule has 2 aromatic rings. The number of thioether (sulfide) groups is 1. The molecule has 0 unspecified atom stereocenters. The predicted octanol–water partition coefficient (Wildman–Crippen LogP) is 6.08. The minimum atomic E-state index is 0.783. The molecular formula is C23H28N2S. The second kappa shape index (κ2) is 10.2. The van der Waals surface area contributed by atoms with Crippen molar-refractivity contribution in [1.29, 1.82) is 0 Å². The van der Waals surface area contributed by atoms with Gasteiger partial charge < -0.3 is 4.90 Å². The number of hydrogen-bond donors (Lipinski definition) is 0. The molecule has 0 fully saturated rings. The van der Waals surface area contributed by atoms with Gasteiger partial charge in [-0.2, -0.15) is 0 Å². The Kier molecular flexibility index (Phi) is 7.38. The van der Waals surface area contributed by atoms with Crippen molar-refractivity contribution in [3.63, 3.8) is 0 Å². The summed E-state index contributed by atoms with van der Waals surface area (Å²) in [7, 11) is 0. The lowest BCUT2D eigenvalue weighted by Crippen LogP contribution is -2.30. The zero-order valence-electron chi connectivity index (χ0n) is 15.6.